The number of nitrogens with one attached hydrogen (secondary N) is 1. The number of aromatic nitrogens is 2. The number of hydrogen-bond donors (Lipinski definition) is 1. The van der Waals surface area contributed by atoms with Crippen LogP contribution in [-0.2, 0) is 6.42 Å². The van der Waals surface area contributed by atoms with Gasteiger partial charge in [-0.1, -0.05) is 18.2 Å². The van der Waals surface area contributed by atoms with E-state index >= 15 is 0 Å². The molecule has 2 aromatic rings. The summed E-state index contributed by atoms with van der Waals surface area (Å²) >= 11 is 0. The Kier molecular flexibility index (Phi) is 2.35. The van der Waals surface area contributed by atoms with Gasteiger partial charge in [-0.05, 0) is 30.5 Å². The number of imidazole rings is 1. The molecule has 2 rings (SSSR count). The van der Waals surface area contributed by atoms with Crippen LogP contribution in [0, 0.1) is 13.8 Å². The molecule has 0 saturated heterocycles. The van der Waals surface area contributed by atoms with Crippen LogP contribution in [0.3, 0.4) is 0 Å². The molecule has 0 bridgehead atoms. The highest BCUT2D eigenvalue weighted by Gasteiger charge is 1.99. The van der Waals surface area contributed by atoms with Gasteiger partial charge in [0.1, 0.15) is 5.82 Å². The van der Waals surface area contributed by atoms with E-state index in [1.807, 2.05) is 6.20 Å². The van der Waals surface area contributed by atoms with Crippen molar-refractivity contribution in [1.29, 1.82) is 0 Å². The minimum atomic E-state index is 0.883. The second kappa shape index (κ2) is 3.66. The number of aryl methyl sites for hydroxylation is 2. The lowest BCUT2D eigenvalue weighted by Crippen LogP contribution is -1.92. The number of aromatic amines is 1. The Bertz CT molecular complexity index is 416. The van der Waals surface area contributed by atoms with Crippen molar-refractivity contribution in [3.8, 4) is 0 Å². The van der Waals surface area contributed by atoms with Crippen molar-refractivity contribution in [2.75, 3.05) is 0 Å². The van der Waals surface area contributed by atoms with Crippen LogP contribution in [0.15, 0.2) is 30.6 Å². The van der Waals surface area contributed by atoms with Crippen LogP contribution >= 0.6 is 0 Å². The van der Waals surface area contributed by atoms with Gasteiger partial charge in [0.2, 0.25) is 0 Å². The molecule has 0 aliphatic carbocycles. The number of rotatable bonds is 2. The summed E-state index contributed by atoms with van der Waals surface area (Å²) in [6.45, 7) is 4.27. The molecule has 1 aromatic heterocycles. The maximum absolute atomic E-state index is 4.21. The van der Waals surface area contributed by atoms with E-state index < -0.39 is 0 Å². The molecule has 0 unspecified atom stereocenters. The fourth-order valence-corrected chi connectivity index (χ4v) is 1.50. The van der Waals surface area contributed by atoms with Gasteiger partial charge in [-0.15, -0.1) is 0 Å². The average molecular weight is 186 g/mol. The van der Waals surface area contributed by atoms with E-state index in [-0.39, 0.29) is 0 Å². The summed E-state index contributed by atoms with van der Waals surface area (Å²) in [5, 5.41) is 0. The third kappa shape index (κ3) is 1.84. The Hall–Kier alpha value is -1.57. The van der Waals surface area contributed by atoms with Gasteiger partial charge in [-0.2, -0.15) is 0 Å². The lowest BCUT2D eigenvalue weighted by atomic mass is 10.0. The smallest absolute Gasteiger partial charge is 0.110 e. The molecule has 1 heterocycles. The summed E-state index contributed by atoms with van der Waals surface area (Å²) in [6.07, 6.45) is 4.53. The second-order valence-corrected chi connectivity index (χ2v) is 3.63. The first-order chi connectivity index (χ1) is 6.75. The molecule has 72 valence electrons. The van der Waals surface area contributed by atoms with Gasteiger partial charge in [0.25, 0.3) is 0 Å². The Balaban J connectivity index is 2.22. The zero-order valence-corrected chi connectivity index (χ0v) is 8.54. The van der Waals surface area contributed by atoms with Crippen molar-refractivity contribution >= 4 is 0 Å². The fourth-order valence-electron chi connectivity index (χ4n) is 1.50. The normalized spacial score (nSPS) is 10.4. The molecule has 0 aliphatic rings. The molecule has 0 amide bonds. The maximum Gasteiger partial charge on any atom is 0.110 e. The SMILES string of the molecule is Cc1ccc(Cc2ncc[nH]2)cc1C. The molecule has 0 atom stereocenters. The summed E-state index contributed by atoms with van der Waals surface area (Å²) < 4.78 is 0. The van der Waals surface area contributed by atoms with Gasteiger partial charge >= 0.3 is 0 Å². The van der Waals surface area contributed by atoms with E-state index in [1.165, 1.54) is 16.7 Å². The molecular formula is C12H14N2. The van der Waals surface area contributed by atoms with Gasteiger partial charge in [0.05, 0.1) is 0 Å². The van der Waals surface area contributed by atoms with Crippen molar-refractivity contribution in [3.63, 3.8) is 0 Å². The van der Waals surface area contributed by atoms with E-state index in [1.54, 1.807) is 6.20 Å². The summed E-state index contributed by atoms with van der Waals surface area (Å²) in [4.78, 5) is 7.32. The minimum absolute atomic E-state index is 0.883. The van der Waals surface area contributed by atoms with Crippen molar-refractivity contribution in [3.05, 3.63) is 53.1 Å². The van der Waals surface area contributed by atoms with E-state index in [0.717, 1.165) is 12.2 Å². The number of hydrogen-bond acceptors (Lipinski definition) is 1. The lowest BCUT2D eigenvalue weighted by Gasteiger charge is -2.03. The van der Waals surface area contributed by atoms with Crippen LogP contribution in [0.1, 0.15) is 22.5 Å². The molecule has 0 saturated carbocycles. The summed E-state index contributed by atoms with van der Waals surface area (Å²) in [5.41, 5.74) is 3.99. The van der Waals surface area contributed by atoms with Gasteiger partial charge < -0.3 is 4.98 Å². The Morgan fingerprint density at radius 1 is 1.21 bits per heavy atom. The maximum atomic E-state index is 4.21. The van der Waals surface area contributed by atoms with E-state index in [4.69, 9.17) is 0 Å². The molecule has 14 heavy (non-hydrogen) atoms. The minimum Gasteiger partial charge on any atom is -0.348 e. The monoisotopic (exact) mass is 186 g/mol. The van der Waals surface area contributed by atoms with Crippen molar-refractivity contribution in [2.45, 2.75) is 20.3 Å². The predicted molar refractivity (Wildman–Crippen MR) is 57.3 cm³/mol. The molecule has 1 N–H and O–H groups in total. The van der Waals surface area contributed by atoms with E-state index in [2.05, 4.69) is 42.0 Å². The zero-order chi connectivity index (χ0) is 9.97. The fraction of sp³-hybridized carbons (Fsp3) is 0.250. The Morgan fingerprint density at radius 2 is 2.07 bits per heavy atom. The molecular weight excluding hydrogens is 172 g/mol. The molecule has 1 aromatic carbocycles. The van der Waals surface area contributed by atoms with Crippen LogP contribution in [0.2, 0.25) is 0 Å². The zero-order valence-electron chi connectivity index (χ0n) is 8.54. The lowest BCUT2D eigenvalue weighted by molar-refractivity contribution is 1.02. The third-order valence-corrected chi connectivity index (χ3v) is 2.50. The van der Waals surface area contributed by atoms with Crippen LogP contribution in [0.4, 0.5) is 0 Å². The quantitative estimate of drug-likeness (QED) is 0.767. The van der Waals surface area contributed by atoms with Crippen molar-refractivity contribution < 1.29 is 0 Å². The van der Waals surface area contributed by atoms with Gasteiger partial charge in [0.15, 0.2) is 0 Å². The number of nitrogens with zero attached hydrogens (tertiary/aromatic N) is 1. The van der Waals surface area contributed by atoms with Crippen LogP contribution in [0.25, 0.3) is 0 Å². The molecule has 2 nitrogen and oxygen atoms in total. The van der Waals surface area contributed by atoms with E-state index in [0.29, 0.717) is 0 Å². The molecule has 0 fully saturated rings. The molecule has 0 spiro atoms. The van der Waals surface area contributed by atoms with Crippen LogP contribution in [-0.4, -0.2) is 9.97 Å². The highest BCUT2D eigenvalue weighted by Crippen LogP contribution is 2.11. The largest absolute Gasteiger partial charge is 0.348 e. The predicted octanol–water partition coefficient (Wildman–Crippen LogP) is 2.62. The highest BCUT2D eigenvalue weighted by molar-refractivity contribution is 5.31. The highest BCUT2D eigenvalue weighted by atomic mass is 14.9. The van der Waals surface area contributed by atoms with E-state index in [9.17, 15) is 0 Å². The van der Waals surface area contributed by atoms with Crippen molar-refractivity contribution in [2.24, 2.45) is 0 Å². The van der Waals surface area contributed by atoms with Crippen LogP contribution in [0.5, 0.6) is 0 Å². The van der Waals surface area contributed by atoms with Crippen LogP contribution < -0.4 is 0 Å². The first kappa shape index (κ1) is 9.00. The average Bonchev–Trinajstić information content (AvgIpc) is 2.64. The first-order valence-electron chi connectivity index (χ1n) is 4.80. The summed E-state index contributed by atoms with van der Waals surface area (Å²) in [7, 11) is 0. The van der Waals surface area contributed by atoms with Crippen molar-refractivity contribution in [1.82, 2.24) is 9.97 Å². The number of benzene rings is 1. The topological polar surface area (TPSA) is 28.7 Å². The second-order valence-electron chi connectivity index (χ2n) is 3.63. The summed E-state index contributed by atoms with van der Waals surface area (Å²) in [5.74, 6) is 1.02. The van der Waals surface area contributed by atoms with Gasteiger partial charge in [0, 0.05) is 18.8 Å². The number of H-pyrrole nitrogens is 1. The molecule has 0 aliphatic heterocycles. The molecule has 0 radical (unpaired) electrons. The molecule has 2 heteroatoms. The Morgan fingerprint density at radius 3 is 2.71 bits per heavy atom. The standard InChI is InChI=1S/C12H14N2/c1-9-3-4-11(7-10(9)2)8-12-13-5-6-14-12/h3-7H,8H2,1-2H3,(H,13,14). The first-order valence-corrected chi connectivity index (χ1v) is 4.80. The third-order valence-electron chi connectivity index (χ3n) is 2.50. The Labute approximate surface area is 84.0 Å². The van der Waals surface area contributed by atoms with Gasteiger partial charge in [-0.3, -0.25) is 0 Å². The van der Waals surface area contributed by atoms with Gasteiger partial charge in [-0.25, -0.2) is 4.98 Å². The summed E-state index contributed by atoms with van der Waals surface area (Å²) in [6, 6.07) is 6.54.